The third-order valence-electron chi connectivity index (χ3n) is 3.31. The zero-order valence-corrected chi connectivity index (χ0v) is 13.4. The van der Waals surface area contributed by atoms with Crippen molar-refractivity contribution in [3.8, 4) is 0 Å². The van der Waals surface area contributed by atoms with Crippen LogP contribution in [0.15, 0.2) is 24.3 Å². The fraction of sp³-hybridized carbons (Fsp3) is 0.722. The van der Waals surface area contributed by atoms with E-state index in [-0.39, 0.29) is 5.97 Å². The molecule has 0 unspecified atom stereocenters. The second kappa shape index (κ2) is 16.0. The molecule has 0 aliphatic heterocycles. The largest absolute Gasteiger partial charge is 0.469 e. The number of methoxy groups -OCH3 is 1. The van der Waals surface area contributed by atoms with Gasteiger partial charge in [0.1, 0.15) is 0 Å². The van der Waals surface area contributed by atoms with Gasteiger partial charge < -0.3 is 4.74 Å². The molecule has 0 aromatic heterocycles. The van der Waals surface area contributed by atoms with Gasteiger partial charge in [-0.2, -0.15) is 0 Å². The van der Waals surface area contributed by atoms with Gasteiger partial charge >= 0.3 is 5.97 Å². The molecule has 0 saturated heterocycles. The predicted octanol–water partition coefficient (Wildman–Crippen LogP) is 5.58. The van der Waals surface area contributed by atoms with Gasteiger partial charge in [-0.1, -0.05) is 63.3 Å². The third kappa shape index (κ3) is 15.0. The number of hydrogen-bond donors (Lipinski definition) is 0. The van der Waals surface area contributed by atoms with Crippen molar-refractivity contribution in [3.63, 3.8) is 0 Å². The highest BCUT2D eigenvalue weighted by Crippen LogP contribution is 2.08. The summed E-state index contributed by atoms with van der Waals surface area (Å²) < 4.78 is 4.61. The van der Waals surface area contributed by atoms with E-state index in [0.717, 1.165) is 19.3 Å². The van der Waals surface area contributed by atoms with Gasteiger partial charge in [-0.05, 0) is 32.1 Å². The number of allylic oxidation sites excluding steroid dienone is 4. The van der Waals surface area contributed by atoms with Gasteiger partial charge in [0.25, 0.3) is 0 Å². The highest BCUT2D eigenvalue weighted by molar-refractivity contribution is 5.68. The maximum absolute atomic E-state index is 10.9. The van der Waals surface area contributed by atoms with Crippen LogP contribution in [0.5, 0.6) is 0 Å². The Labute approximate surface area is 125 Å². The van der Waals surface area contributed by atoms with Crippen LogP contribution < -0.4 is 0 Å². The second-order valence-electron chi connectivity index (χ2n) is 5.20. The van der Waals surface area contributed by atoms with Crippen molar-refractivity contribution < 1.29 is 9.53 Å². The van der Waals surface area contributed by atoms with Gasteiger partial charge in [0, 0.05) is 6.42 Å². The van der Waals surface area contributed by atoms with Gasteiger partial charge in [0.2, 0.25) is 0 Å². The lowest BCUT2D eigenvalue weighted by Crippen LogP contribution is -1.98. The first-order valence-electron chi connectivity index (χ1n) is 8.18. The normalized spacial score (nSPS) is 11.5. The molecule has 0 aromatic carbocycles. The molecule has 0 spiro atoms. The molecule has 0 saturated carbocycles. The quantitative estimate of drug-likeness (QED) is 0.250. The molecule has 0 amide bonds. The van der Waals surface area contributed by atoms with Gasteiger partial charge in [0.05, 0.1) is 7.11 Å². The van der Waals surface area contributed by atoms with Gasteiger partial charge in [-0.15, -0.1) is 0 Å². The Morgan fingerprint density at radius 3 is 2.10 bits per heavy atom. The number of rotatable bonds is 13. The fourth-order valence-electron chi connectivity index (χ4n) is 1.99. The summed E-state index contributed by atoms with van der Waals surface area (Å²) in [7, 11) is 1.45. The van der Waals surface area contributed by atoms with E-state index >= 15 is 0 Å². The van der Waals surface area contributed by atoms with Gasteiger partial charge in [-0.25, -0.2) is 0 Å². The Kier molecular flexibility index (Phi) is 15.2. The zero-order valence-electron chi connectivity index (χ0n) is 13.4. The summed E-state index contributed by atoms with van der Waals surface area (Å²) >= 11 is 0. The van der Waals surface area contributed by atoms with Crippen molar-refractivity contribution in [2.75, 3.05) is 7.11 Å². The molecule has 116 valence electrons. The zero-order chi connectivity index (χ0) is 14.9. The van der Waals surface area contributed by atoms with Crippen LogP contribution in [0, 0.1) is 0 Å². The van der Waals surface area contributed by atoms with Crippen LogP contribution in [-0.2, 0) is 9.53 Å². The van der Waals surface area contributed by atoms with Crippen molar-refractivity contribution in [1.29, 1.82) is 0 Å². The minimum absolute atomic E-state index is 0.0834. The van der Waals surface area contributed by atoms with E-state index in [4.69, 9.17) is 0 Å². The van der Waals surface area contributed by atoms with Crippen LogP contribution in [0.3, 0.4) is 0 Å². The van der Waals surface area contributed by atoms with Crippen molar-refractivity contribution in [2.24, 2.45) is 0 Å². The minimum atomic E-state index is -0.0834. The molecule has 0 N–H and O–H groups in total. The molecule has 0 aliphatic rings. The smallest absolute Gasteiger partial charge is 0.305 e. The van der Waals surface area contributed by atoms with Crippen molar-refractivity contribution in [3.05, 3.63) is 24.3 Å². The first-order valence-corrected chi connectivity index (χ1v) is 8.18. The summed E-state index contributed by atoms with van der Waals surface area (Å²) in [6.07, 6.45) is 21.6. The molecule has 0 atom stereocenters. The van der Waals surface area contributed by atoms with Crippen molar-refractivity contribution in [1.82, 2.24) is 0 Å². The monoisotopic (exact) mass is 280 g/mol. The molecule has 0 aliphatic carbocycles. The van der Waals surface area contributed by atoms with Crippen molar-refractivity contribution in [2.45, 2.75) is 77.6 Å². The summed E-state index contributed by atoms with van der Waals surface area (Å²) in [5.41, 5.74) is 0. The minimum Gasteiger partial charge on any atom is -0.469 e. The van der Waals surface area contributed by atoms with E-state index in [2.05, 4.69) is 36.0 Å². The third-order valence-corrected chi connectivity index (χ3v) is 3.31. The van der Waals surface area contributed by atoms with Gasteiger partial charge in [-0.3, -0.25) is 4.79 Å². The van der Waals surface area contributed by atoms with E-state index in [1.165, 1.54) is 52.1 Å². The first kappa shape index (κ1) is 18.9. The van der Waals surface area contributed by atoms with E-state index < -0.39 is 0 Å². The average molecular weight is 280 g/mol. The van der Waals surface area contributed by atoms with Crippen LogP contribution in [-0.4, -0.2) is 13.1 Å². The first-order chi connectivity index (χ1) is 9.81. The molecular formula is C18H32O2. The van der Waals surface area contributed by atoms with Crippen LogP contribution >= 0.6 is 0 Å². The SMILES string of the molecule is CCCC/C=C\C/C=C\CCCCCCCC(=O)OC. The Bertz CT molecular complexity index is 267. The number of carbonyl (C=O) groups is 1. The highest BCUT2D eigenvalue weighted by atomic mass is 16.5. The highest BCUT2D eigenvalue weighted by Gasteiger charge is 1.98. The van der Waals surface area contributed by atoms with E-state index in [9.17, 15) is 4.79 Å². The topological polar surface area (TPSA) is 26.3 Å². The number of carbonyl (C=O) groups excluding carboxylic acids is 1. The molecule has 2 heteroatoms. The molecule has 0 aromatic rings. The van der Waals surface area contributed by atoms with E-state index in [1.807, 2.05) is 0 Å². The summed E-state index contributed by atoms with van der Waals surface area (Å²) in [6.45, 7) is 2.23. The molecule has 20 heavy (non-hydrogen) atoms. The molecule has 0 heterocycles. The Morgan fingerprint density at radius 1 is 0.850 bits per heavy atom. The van der Waals surface area contributed by atoms with E-state index in [1.54, 1.807) is 0 Å². The average Bonchev–Trinajstić information content (AvgIpc) is 2.47. The summed E-state index contributed by atoms with van der Waals surface area (Å²) in [6, 6.07) is 0. The molecule has 0 radical (unpaired) electrons. The standard InChI is InChI=1S/C18H32O2/c1-3-4-5-6-7-8-9-10-11-12-13-14-15-16-17-18(19)20-2/h6-7,9-10H,3-5,8,11-17H2,1-2H3/b7-6-,10-9-. The summed E-state index contributed by atoms with van der Waals surface area (Å²) in [5, 5.41) is 0. The number of unbranched alkanes of at least 4 members (excludes halogenated alkanes) is 7. The van der Waals surface area contributed by atoms with E-state index in [0.29, 0.717) is 6.42 Å². The van der Waals surface area contributed by atoms with Crippen molar-refractivity contribution >= 4 is 5.97 Å². The second-order valence-corrected chi connectivity index (χ2v) is 5.20. The van der Waals surface area contributed by atoms with Crippen LogP contribution in [0.2, 0.25) is 0 Å². The summed E-state index contributed by atoms with van der Waals surface area (Å²) in [5.74, 6) is -0.0834. The lowest BCUT2D eigenvalue weighted by Gasteiger charge is -1.99. The van der Waals surface area contributed by atoms with Crippen LogP contribution in [0.25, 0.3) is 0 Å². The lowest BCUT2D eigenvalue weighted by molar-refractivity contribution is -0.140. The molecular weight excluding hydrogens is 248 g/mol. The molecule has 0 fully saturated rings. The fourth-order valence-corrected chi connectivity index (χ4v) is 1.99. The maximum atomic E-state index is 10.9. The van der Waals surface area contributed by atoms with Crippen LogP contribution in [0.1, 0.15) is 77.6 Å². The number of ether oxygens (including phenoxy) is 1. The Morgan fingerprint density at radius 2 is 1.45 bits per heavy atom. The Balaban J connectivity index is 3.19. The predicted molar refractivity (Wildman–Crippen MR) is 86.8 cm³/mol. The number of hydrogen-bond acceptors (Lipinski definition) is 2. The summed E-state index contributed by atoms with van der Waals surface area (Å²) in [4.78, 5) is 10.9. The lowest BCUT2D eigenvalue weighted by atomic mass is 10.1. The molecule has 0 rings (SSSR count). The number of esters is 1. The van der Waals surface area contributed by atoms with Crippen LogP contribution in [0.4, 0.5) is 0 Å². The van der Waals surface area contributed by atoms with Gasteiger partial charge in [0.15, 0.2) is 0 Å². The molecule has 0 bridgehead atoms. The Hall–Kier alpha value is -1.05. The molecule has 2 nitrogen and oxygen atoms in total. The maximum Gasteiger partial charge on any atom is 0.305 e.